The largest absolute Gasteiger partial charge is 0.473 e. The molecular weight excluding hydrogens is 420 g/mol. The third-order valence-electron chi connectivity index (χ3n) is 5.65. The molecule has 0 aromatic carbocycles. The molecule has 4 rings (SSSR count). The van der Waals surface area contributed by atoms with E-state index >= 15 is 0 Å². The number of rotatable bonds is 6. The lowest BCUT2D eigenvalue weighted by molar-refractivity contribution is -0.159. The van der Waals surface area contributed by atoms with Gasteiger partial charge in [0.15, 0.2) is 11.6 Å². The minimum atomic E-state index is -1.82. The number of carbonyl (C=O) groups excluding carboxylic acids is 1. The molecule has 2 aliphatic rings. The number of hydrogen-bond acceptors (Lipinski definition) is 8. The Bertz CT molecular complexity index is 941. The summed E-state index contributed by atoms with van der Waals surface area (Å²) in [5.41, 5.74) is 0.712. The highest BCUT2D eigenvalue weighted by Crippen LogP contribution is 2.38. The first-order chi connectivity index (χ1) is 15.3. The number of carbonyl (C=O) groups is 3. The molecule has 0 atom stereocenters. The van der Waals surface area contributed by atoms with Gasteiger partial charge in [0.05, 0.1) is 30.8 Å². The number of aliphatic carboxylic acids is 2. The number of fused-ring (bicyclic) bond motifs is 1. The molecule has 1 aliphatic heterocycles. The Kier molecular flexibility index (Phi) is 7.36. The number of carboxylic acid groups (broad SMARTS) is 2. The van der Waals surface area contributed by atoms with Gasteiger partial charge in [-0.25, -0.2) is 9.59 Å². The monoisotopic (exact) mass is 446 g/mol. The predicted octanol–water partition coefficient (Wildman–Crippen LogP) is 0.742. The average Bonchev–Trinajstić information content (AvgIpc) is 3.18. The minimum Gasteiger partial charge on any atom is -0.473 e. The highest BCUT2D eigenvalue weighted by molar-refractivity contribution is 6.27. The Morgan fingerprint density at radius 2 is 1.94 bits per heavy atom. The van der Waals surface area contributed by atoms with Gasteiger partial charge in [-0.15, -0.1) is 10.2 Å². The molecule has 1 saturated carbocycles. The zero-order valence-electron chi connectivity index (χ0n) is 17.7. The van der Waals surface area contributed by atoms with E-state index in [9.17, 15) is 4.79 Å². The van der Waals surface area contributed by atoms with Crippen LogP contribution in [0.25, 0.3) is 0 Å². The van der Waals surface area contributed by atoms with Crippen molar-refractivity contribution in [3.05, 3.63) is 36.2 Å². The fraction of sp³-hybridized carbons (Fsp3) is 0.500. The van der Waals surface area contributed by atoms with Gasteiger partial charge in [-0.2, -0.15) is 0 Å². The fourth-order valence-corrected chi connectivity index (χ4v) is 3.62. The van der Waals surface area contributed by atoms with Crippen LogP contribution in [0, 0.1) is 0 Å². The third-order valence-corrected chi connectivity index (χ3v) is 5.65. The lowest BCUT2D eigenvalue weighted by Gasteiger charge is -2.41. The molecule has 0 bridgehead atoms. The summed E-state index contributed by atoms with van der Waals surface area (Å²) in [4.78, 5) is 36.8. The molecule has 1 amide bonds. The van der Waals surface area contributed by atoms with Crippen molar-refractivity contribution in [1.82, 2.24) is 24.6 Å². The van der Waals surface area contributed by atoms with Crippen LogP contribution in [0.3, 0.4) is 0 Å². The number of pyridine rings is 1. The van der Waals surface area contributed by atoms with Crippen LogP contribution in [0.2, 0.25) is 0 Å². The predicted molar refractivity (Wildman–Crippen MR) is 110 cm³/mol. The second-order valence-electron chi connectivity index (χ2n) is 7.62. The Morgan fingerprint density at radius 3 is 2.50 bits per heavy atom. The maximum Gasteiger partial charge on any atom is 0.414 e. The molecule has 3 N–H and O–H groups in total. The summed E-state index contributed by atoms with van der Waals surface area (Å²) in [6, 6.07) is 3.85. The van der Waals surface area contributed by atoms with Crippen molar-refractivity contribution in [3.8, 4) is 0 Å². The average molecular weight is 446 g/mol. The SMILES string of the molecule is COC1(CC(=O)N2CCn3c(CNc4cccnc4)nnc3C2)CCC1.O=C(O)C(=O)O. The van der Waals surface area contributed by atoms with Crippen LogP contribution in [0.5, 0.6) is 0 Å². The summed E-state index contributed by atoms with van der Waals surface area (Å²) in [6.45, 7) is 2.50. The molecule has 0 radical (unpaired) electrons. The molecule has 1 aliphatic carbocycles. The van der Waals surface area contributed by atoms with Crippen molar-refractivity contribution in [1.29, 1.82) is 0 Å². The minimum absolute atomic E-state index is 0.149. The quantitative estimate of drug-likeness (QED) is 0.540. The molecule has 32 heavy (non-hydrogen) atoms. The van der Waals surface area contributed by atoms with Gasteiger partial charge in [-0.1, -0.05) is 0 Å². The lowest BCUT2D eigenvalue weighted by atomic mass is 9.77. The number of aromatic nitrogens is 4. The van der Waals surface area contributed by atoms with Crippen LogP contribution < -0.4 is 5.32 Å². The highest BCUT2D eigenvalue weighted by Gasteiger charge is 2.40. The molecule has 2 aromatic heterocycles. The summed E-state index contributed by atoms with van der Waals surface area (Å²) in [7, 11) is 1.71. The molecule has 12 nitrogen and oxygen atoms in total. The molecule has 0 spiro atoms. The Hall–Kier alpha value is -3.54. The molecule has 172 valence electrons. The number of hydrogen-bond donors (Lipinski definition) is 3. The summed E-state index contributed by atoms with van der Waals surface area (Å²) in [6.07, 6.45) is 7.08. The molecule has 1 fully saturated rings. The Morgan fingerprint density at radius 1 is 1.19 bits per heavy atom. The van der Waals surface area contributed by atoms with Gasteiger partial charge in [-0.05, 0) is 31.4 Å². The first-order valence-corrected chi connectivity index (χ1v) is 10.2. The molecule has 2 aromatic rings. The summed E-state index contributed by atoms with van der Waals surface area (Å²) in [5, 5.41) is 26.7. The van der Waals surface area contributed by atoms with Crippen LogP contribution in [0.4, 0.5) is 5.69 Å². The molecule has 0 unspecified atom stereocenters. The molecule has 12 heteroatoms. The van der Waals surface area contributed by atoms with Gasteiger partial charge in [0.25, 0.3) is 0 Å². The van der Waals surface area contributed by atoms with E-state index in [1.807, 2.05) is 17.0 Å². The second-order valence-corrected chi connectivity index (χ2v) is 7.62. The van der Waals surface area contributed by atoms with Gasteiger partial charge >= 0.3 is 11.9 Å². The van der Waals surface area contributed by atoms with Gasteiger partial charge in [0.2, 0.25) is 5.91 Å². The van der Waals surface area contributed by atoms with Crippen LogP contribution in [-0.4, -0.2) is 72.0 Å². The lowest BCUT2D eigenvalue weighted by Crippen LogP contribution is -2.47. The number of amides is 1. The number of nitrogens with one attached hydrogen (secondary N) is 1. The zero-order valence-corrected chi connectivity index (χ0v) is 17.7. The van der Waals surface area contributed by atoms with Crippen molar-refractivity contribution >= 4 is 23.5 Å². The Balaban J connectivity index is 0.000000427. The topological polar surface area (TPSA) is 160 Å². The smallest absolute Gasteiger partial charge is 0.414 e. The normalized spacial score (nSPS) is 16.1. The third kappa shape index (κ3) is 5.58. The number of methoxy groups -OCH3 is 1. The fourth-order valence-electron chi connectivity index (χ4n) is 3.62. The van der Waals surface area contributed by atoms with Crippen LogP contribution in [-0.2, 0) is 38.8 Å². The number of carboxylic acids is 2. The maximum absolute atomic E-state index is 12.7. The van der Waals surface area contributed by atoms with Gasteiger partial charge in [0.1, 0.15) is 0 Å². The molecule has 3 heterocycles. The van der Waals surface area contributed by atoms with E-state index in [1.165, 1.54) is 0 Å². The van der Waals surface area contributed by atoms with Crippen LogP contribution in [0.15, 0.2) is 24.5 Å². The van der Waals surface area contributed by atoms with Crippen molar-refractivity contribution in [2.75, 3.05) is 19.0 Å². The standard InChI is InChI=1S/C18H24N6O2.C2H2O4/c1-26-18(5-3-6-18)10-17(25)23-8-9-24-15(21-22-16(24)13-23)12-20-14-4-2-7-19-11-14;3-1(4)2(5)6/h2,4,7,11,20H,3,5-6,8-10,12-13H2,1H3;(H,3,4)(H,5,6). The first kappa shape index (κ1) is 23.1. The van der Waals surface area contributed by atoms with E-state index in [4.69, 9.17) is 24.5 Å². The van der Waals surface area contributed by atoms with E-state index in [0.29, 0.717) is 26.1 Å². The zero-order chi connectivity index (χ0) is 23.1. The van der Waals surface area contributed by atoms with E-state index in [1.54, 1.807) is 19.5 Å². The van der Waals surface area contributed by atoms with Crippen LogP contribution in [0.1, 0.15) is 37.3 Å². The van der Waals surface area contributed by atoms with E-state index in [2.05, 4.69) is 25.1 Å². The molecule has 0 saturated heterocycles. The summed E-state index contributed by atoms with van der Waals surface area (Å²) >= 11 is 0. The van der Waals surface area contributed by atoms with Crippen molar-refractivity contribution < 1.29 is 29.3 Å². The Labute approximate surface area is 184 Å². The van der Waals surface area contributed by atoms with E-state index < -0.39 is 11.9 Å². The van der Waals surface area contributed by atoms with Gasteiger partial charge in [-0.3, -0.25) is 9.78 Å². The highest BCUT2D eigenvalue weighted by atomic mass is 16.5. The van der Waals surface area contributed by atoms with E-state index in [-0.39, 0.29) is 11.5 Å². The number of nitrogens with zero attached hydrogens (tertiary/aromatic N) is 5. The summed E-state index contributed by atoms with van der Waals surface area (Å²) in [5.74, 6) is -1.78. The number of anilines is 1. The molecular formula is C20H26N6O6. The second kappa shape index (κ2) is 10.2. The summed E-state index contributed by atoms with van der Waals surface area (Å²) < 4.78 is 7.69. The van der Waals surface area contributed by atoms with Crippen molar-refractivity contribution in [2.45, 2.75) is 50.9 Å². The number of ether oxygens (including phenoxy) is 1. The van der Waals surface area contributed by atoms with Crippen LogP contribution >= 0.6 is 0 Å². The maximum atomic E-state index is 12.7. The van der Waals surface area contributed by atoms with Crippen molar-refractivity contribution in [2.24, 2.45) is 0 Å². The van der Waals surface area contributed by atoms with Crippen molar-refractivity contribution in [3.63, 3.8) is 0 Å². The first-order valence-electron chi connectivity index (χ1n) is 10.2. The van der Waals surface area contributed by atoms with Gasteiger partial charge in [0, 0.05) is 32.6 Å². The van der Waals surface area contributed by atoms with Gasteiger partial charge < -0.3 is 29.7 Å². The van der Waals surface area contributed by atoms with E-state index in [0.717, 1.165) is 43.1 Å².